The van der Waals surface area contributed by atoms with Crippen molar-refractivity contribution >= 4 is 5.97 Å². The second kappa shape index (κ2) is 6.58. The third-order valence-corrected chi connectivity index (χ3v) is 2.97. The van der Waals surface area contributed by atoms with Crippen LogP contribution in [0, 0.1) is 11.6 Å². The highest BCUT2D eigenvalue weighted by atomic mass is 19.1. The maximum atomic E-state index is 13.3. The molecule has 106 valence electrons. The van der Waals surface area contributed by atoms with Gasteiger partial charge in [-0.1, -0.05) is 0 Å². The number of halogens is 2. The van der Waals surface area contributed by atoms with Crippen molar-refractivity contribution in [3.05, 3.63) is 35.4 Å². The van der Waals surface area contributed by atoms with Crippen LogP contribution in [0.3, 0.4) is 0 Å². The summed E-state index contributed by atoms with van der Waals surface area (Å²) < 4.78 is 31.5. The molecule has 0 saturated heterocycles. The van der Waals surface area contributed by atoms with E-state index >= 15 is 0 Å². The summed E-state index contributed by atoms with van der Waals surface area (Å²) in [5.41, 5.74) is 4.23. The highest BCUT2D eigenvalue weighted by molar-refractivity contribution is 5.83. The molecule has 3 N–H and O–H groups in total. The van der Waals surface area contributed by atoms with Gasteiger partial charge in [-0.3, -0.25) is 4.79 Å². The van der Waals surface area contributed by atoms with Crippen LogP contribution in [0.1, 0.15) is 18.9 Å². The molecule has 1 rings (SSSR count). The Hall–Kier alpha value is -1.53. The fourth-order valence-electron chi connectivity index (χ4n) is 1.96. The Labute approximate surface area is 110 Å². The van der Waals surface area contributed by atoms with Crippen LogP contribution in [0.25, 0.3) is 0 Å². The Bertz CT molecular complexity index is 433. The Morgan fingerprint density at radius 2 is 1.95 bits per heavy atom. The molecule has 4 nitrogen and oxygen atoms in total. The number of nitrogens with two attached hydrogens (primary N) is 1. The fourth-order valence-corrected chi connectivity index (χ4v) is 1.96. The molecule has 0 aromatic heterocycles. The third kappa shape index (κ3) is 3.27. The van der Waals surface area contributed by atoms with E-state index in [2.05, 4.69) is 0 Å². The number of esters is 1. The van der Waals surface area contributed by atoms with Gasteiger partial charge in [-0.2, -0.15) is 0 Å². The number of hydrogen-bond acceptors (Lipinski definition) is 4. The van der Waals surface area contributed by atoms with Crippen molar-refractivity contribution in [2.75, 3.05) is 19.8 Å². The monoisotopic (exact) mass is 273 g/mol. The van der Waals surface area contributed by atoms with Crippen LogP contribution in [-0.2, 0) is 14.9 Å². The van der Waals surface area contributed by atoms with E-state index < -0.39 is 23.0 Å². The van der Waals surface area contributed by atoms with Crippen LogP contribution in [0.4, 0.5) is 8.78 Å². The fraction of sp³-hybridized carbons (Fsp3) is 0.462. The second-order valence-electron chi connectivity index (χ2n) is 4.14. The van der Waals surface area contributed by atoms with Gasteiger partial charge in [-0.05, 0) is 31.0 Å². The number of carbonyl (C=O) groups excluding carboxylic acids is 1. The molecule has 0 heterocycles. The lowest BCUT2D eigenvalue weighted by atomic mass is 9.77. The van der Waals surface area contributed by atoms with Crippen LogP contribution in [0.5, 0.6) is 0 Å². The largest absolute Gasteiger partial charge is 0.465 e. The van der Waals surface area contributed by atoms with E-state index in [1.807, 2.05) is 0 Å². The molecule has 1 unspecified atom stereocenters. The van der Waals surface area contributed by atoms with Gasteiger partial charge >= 0.3 is 5.97 Å². The molecule has 1 aromatic carbocycles. The van der Waals surface area contributed by atoms with E-state index in [1.165, 1.54) is 0 Å². The zero-order valence-corrected chi connectivity index (χ0v) is 10.7. The summed E-state index contributed by atoms with van der Waals surface area (Å²) in [6.45, 7) is 1.16. The normalized spacial score (nSPS) is 13.9. The van der Waals surface area contributed by atoms with Gasteiger partial charge < -0.3 is 15.6 Å². The molecule has 0 amide bonds. The molecule has 1 atom stereocenters. The van der Waals surface area contributed by atoms with Crippen molar-refractivity contribution in [1.29, 1.82) is 0 Å². The minimum absolute atomic E-state index is 0.0643. The first kappa shape index (κ1) is 15.5. The number of benzene rings is 1. The first-order valence-corrected chi connectivity index (χ1v) is 5.95. The zero-order chi connectivity index (χ0) is 14.5. The van der Waals surface area contributed by atoms with Crippen LogP contribution < -0.4 is 5.73 Å². The molecule has 0 spiro atoms. The highest BCUT2D eigenvalue weighted by Crippen LogP contribution is 2.30. The minimum atomic E-state index is -1.44. The number of ether oxygens (including phenoxy) is 1. The van der Waals surface area contributed by atoms with E-state index in [0.717, 1.165) is 12.1 Å². The van der Waals surface area contributed by atoms with Crippen molar-refractivity contribution in [1.82, 2.24) is 0 Å². The number of hydrogen-bond donors (Lipinski definition) is 2. The lowest BCUT2D eigenvalue weighted by Gasteiger charge is -2.30. The predicted octanol–water partition coefficient (Wildman–Crippen LogP) is 1.11. The van der Waals surface area contributed by atoms with Gasteiger partial charge in [0.05, 0.1) is 6.61 Å². The summed E-state index contributed by atoms with van der Waals surface area (Å²) in [6, 6.07) is 2.76. The smallest absolute Gasteiger partial charge is 0.317 e. The molecule has 19 heavy (non-hydrogen) atoms. The standard InChI is InChI=1S/C13H17F2NO3/c1-2-19-12(18)13(8-16,3-4-17)9-5-10(14)7-11(15)6-9/h5-7,17H,2-4,8,16H2,1H3. The van der Waals surface area contributed by atoms with Crippen molar-refractivity contribution in [2.45, 2.75) is 18.8 Å². The molecule has 6 heteroatoms. The van der Waals surface area contributed by atoms with Crippen LogP contribution in [0.15, 0.2) is 18.2 Å². The molecular weight excluding hydrogens is 256 g/mol. The number of carbonyl (C=O) groups is 1. The van der Waals surface area contributed by atoms with Gasteiger partial charge in [-0.25, -0.2) is 8.78 Å². The number of rotatable bonds is 6. The lowest BCUT2D eigenvalue weighted by Crippen LogP contribution is -2.45. The van der Waals surface area contributed by atoms with Crippen molar-refractivity contribution in [3.63, 3.8) is 0 Å². The molecule has 0 aliphatic carbocycles. The third-order valence-electron chi connectivity index (χ3n) is 2.97. The van der Waals surface area contributed by atoms with E-state index in [0.29, 0.717) is 6.07 Å². The summed E-state index contributed by atoms with van der Waals surface area (Å²) in [5, 5.41) is 9.10. The van der Waals surface area contributed by atoms with Gasteiger partial charge in [0.2, 0.25) is 0 Å². The minimum Gasteiger partial charge on any atom is -0.465 e. The predicted molar refractivity (Wildman–Crippen MR) is 65.4 cm³/mol. The quantitative estimate of drug-likeness (QED) is 0.761. The van der Waals surface area contributed by atoms with E-state index in [-0.39, 0.29) is 31.7 Å². The van der Waals surface area contributed by atoms with E-state index in [1.54, 1.807) is 6.92 Å². The first-order valence-electron chi connectivity index (χ1n) is 5.95. The van der Waals surface area contributed by atoms with Gasteiger partial charge in [-0.15, -0.1) is 0 Å². The van der Waals surface area contributed by atoms with E-state index in [9.17, 15) is 13.6 Å². The average Bonchev–Trinajstić information content (AvgIpc) is 2.35. The molecule has 1 aromatic rings. The highest BCUT2D eigenvalue weighted by Gasteiger charge is 2.40. The van der Waals surface area contributed by atoms with Crippen molar-refractivity contribution in [3.8, 4) is 0 Å². The van der Waals surface area contributed by atoms with Gasteiger partial charge in [0, 0.05) is 19.2 Å². The van der Waals surface area contributed by atoms with Gasteiger partial charge in [0.25, 0.3) is 0 Å². The molecule has 0 radical (unpaired) electrons. The van der Waals surface area contributed by atoms with Gasteiger partial charge in [0.15, 0.2) is 0 Å². The number of aliphatic hydroxyl groups is 1. The average molecular weight is 273 g/mol. The lowest BCUT2D eigenvalue weighted by molar-refractivity contribution is -0.150. The van der Waals surface area contributed by atoms with Crippen LogP contribution >= 0.6 is 0 Å². The Balaban J connectivity index is 3.32. The number of aliphatic hydroxyl groups excluding tert-OH is 1. The summed E-state index contributed by atoms with van der Waals surface area (Å²) in [6.07, 6.45) is -0.0643. The maximum absolute atomic E-state index is 13.3. The molecule has 0 bridgehead atoms. The van der Waals surface area contributed by atoms with Gasteiger partial charge in [0.1, 0.15) is 17.0 Å². The van der Waals surface area contributed by atoms with Crippen molar-refractivity contribution < 1.29 is 23.4 Å². The molecule has 0 fully saturated rings. The maximum Gasteiger partial charge on any atom is 0.317 e. The summed E-state index contributed by atoms with van der Waals surface area (Å²) in [7, 11) is 0. The topological polar surface area (TPSA) is 72.5 Å². The molecule has 0 aliphatic rings. The second-order valence-corrected chi connectivity index (χ2v) is 4.14. The SMILES string of the molecule is CCOC(=O)C(CN)(CCO)c1cc(F)cc(F)c1. The Kier molecular flexibility index (Phi) is 5.38. The summed E-state index contributed by atoms with van der Waals surface area (Å²) in [4.78, 5) is 12.1. The zero-order valence-electron chi connectivity index (χ0n) is 10.7. The van der Waals surface area contributed by atoms with E-state index in [4.69, 9.17) is 15.6 Å². The summed E-state index contributed by atoms with van der Waals surface area (Å²) in [5.74, 6) is -2.32. The van der Waals surface area contributed by atoms with Crippen LogP contribution in [0.2, 0.25) is 0 Å². The summed E-state index contributed by atoms with van der Waals surface area (Å²) >= 11 is 0. The Morgan fingerprint density at radius 1 is 1.37 bits per heavy atom. The molecule has 0 aliphatic heterocycles. The van der Waals surface area contributed by atoms with Crippen molar-refractivity contribution in [2.24, 2.45) is 5.73 Å². The molecule has 0 saturated carbocycles. The first-order chi connectivity index (χ1) is 9.00. The molecular formula is C13H17F2NO3. The Morgan fingerprint density at radius 3 is 2.37 bits per heavy atom. The van der Waals surface area contributed by atoms with Crippen LogP contribution in [-0.4, -0.2) is 30.8 Å².